The van der Waals surface area contributed by atoms with Crippen LogP contribution in [0.15, 0.2) is 42.5 Å². The van der Waals surface area contributed by atoms with Crippen LogP contribution in [0, 0.1) is 0 Å². The van der Waals surface area contributed by atoms with Crippen molar-refractivity contribution in [3.05, 3.63) is 53.1 Å². The second kappa shape index (κ2) is 8.02. The maximum absolute atomic E-state index is 11.6. The number of carbonyl (C=O) groups excluding carboxylic acids is 1. The van der Waals surface area contributed by atoms with Crippen LogP contribution < -0.4 is 9.80 Å². The van der Waals surface area contributed by atoms with E-state index in [-0.39, 0.29) is 5.91 Å². The van der Waals surface area contributed by atoms with Crippen LogP contribution in [0.2, 0.25) is 5.02 Å². The Balaban J connectivity index is 1.61. The van der Waals surface area contributed by atoms with Gasteiger partial charge in [-0.15, -0.1) is 0 Å². The molecule has 2 aromatic rings. The largest absolute Gasteiger partial charge is 0.368 e. The van der Waals surface area contributed by atoms with Crippen molar-refractivity contribution in [1.29, 1.82) is 0 Å². The topological polar surface area (TPSA) is 30.0 Å². The van der Waals surface area contributed by atoms with E-state index in [1.807, 2.05) is 17.0 Å². The fourth-order valence-electron chi connectivity index (χ4n) is 4.09. The van der Waals surface area contributed by atoms with Gasteiger partial charge in [0.1, 0.15) is 0 Å². The summed E-state index contributed by atoms with van der Waals surface area (Å²) in [6.07, 6.45) is 0. The lowest BCUT2D eigenvalue weighted by Gasteiger charge is -2.36. The van der Waals surface area contributed by atoms with Gasteiger partial charge in [0.2, 0.25) is 5.91 Å². The summed E-state index contributed by atoms with van der Waals surface area (Å²) in [5.74, 6) is 0.168. The summed E-state index contributed by atoms with van der Waals surface area (Å²) in [6, 6.07) is 14.9. The molecule has 0 unspecified atom stereocenters. The van der Waals surface area contributed by atoms with Crippen molar-refractivity contribution in [3.63, 3.8) is 0 Å². The Kier molecular flexibility index (Phi) is 5.47. The smallest absolute Gasteiger partial charge is 0.219 e. The van der Waals surface area contributed by atoms with Gasteiger partial charge in [-0.3, -0.25) is 4.79 Å². The van der Waals surface area contributed by atoms with Crippen molar-refractivity contribution >= 4 is 34.6 Å². The number of rotatable bonds is 2. The van der Waals surface area contributed by atoms with Gasteiger partial charge in [-0.2, -0.15) is 0 Å². The molecule has 2 aliphatic rings. The standard InChI is InChI=1S/C22H27ClN4O/c1-17(28)25-10-12-26(13-11-25)21-7-8-22-18(15-21)16-24(2)9-14-27(22)20-5-3-19(23)4-6-20/h3-8,15H,9-14,16H2,1-2H3. The van der Waals surface area contributed by atoms with Crippen LogP contribution in [0.25, 0.3) is 0 Å². The summed E-state index contributed by atoms with van der Waals surface area (Å²) in [5, 5.41) is 0.760. The monoisotopic (exact) mass is 398 g/mol. The zero-order chi connectivity index (χ0) is 19.7. The van der Waals surface area contributed by atoms with Crippen LogP contribution in [0.4, 0.5) is 17.1 Å². The van der Waals surface area contributed by atoms with E-state index in [9.17, 15) is 4.79 Å². The number of hydrogen-bond donors (Lipinski definition) is 0. The minimum absolute atomic E-state index is 0.168. The van der Waals surface area contributed by atoms with Crippen molar-refractivity contribution in [1.82, 2.24) is 9.80 Å². The molecule has 0 saturated carbocycles. The Labute approximate surface area is 172 Å². The molecule has 1 fully saturated rings. The summed E-state index contributed by atoms with van der Waals surface area (Å²) in [7, 11) is 2.17. The maximum Gasteiger partial charge on any atom is 0.219 e. The molecule has 5 nitrogen and oxygen atoms in total. The van der Waals surface area contributed by atoms with Crippen LogP contribution in [-0.2, 0) is 11.3 Å². The molecule has 2 aliphatic heterocycles. The molecule has 0 bridgehead atoms. The molecule has 148 valence electrons. The number of carbonyl (C=O) groups is 1. The molecule has 28 heavy (non-hydrogen) atoms. The number of halogens is 1. The summed E-state index contributed by atoms with van der Waals surface area (Å²) in [5.41, 5.74) is 5.01. The van der Waals surface area contributed by atoms with Gasteiger partial charge in [0.15, 0.2) is 0 Å². The average molecular weight is 399 g/mol. The quantitative estimate of drug-likeness (QED) is 0.773. The zero-order valence-corrected chi connectivity index (χ0v) is 17.3. The highest BCUT2D eigenvalue weighted by atomic mass is 35.5. The predicted octanol–water partition coefficient (Wildman–Crippen LogP) is 3.59. The van der Waals surface area contributed by atoms with Crippen molar-refractivity contribution in [2.75, 3.05) is 56.1 Å². The molecule has 0 spiro atoms. The Hall–Kier alpha value is -2.24. The number of benzene rings is 2. The second-order valence-electron chi connectivity index (χ2n) is 7.67. The summed E-state index contributed by atoms with van der Waals surface area (Å²) in [4.78, 5) is 20.6. The third kappa shape index (κ3) is 3.96. The zero-order valence-electron chi connectivity index (χ0n) is 16.6. The van der Waals surface area contributed by atoms with Crippen LogP contribution in [0.5, 0.6) is 0 Å². The molecule has 2 aromatic carbocycles. The van der Waals surface area contributed by atoms with Crippen LogP contribution in [-0.4, -0.2) is 62.0 Å². The molecule has 0 aromatic heterocycles. The number of amides is 1. The highest BCUT2D eigenvalue weighted by molar-refractivity contribution is 6.30. The van der Waals surface area contributed by atoms with Crippen LogP contribution in [0.3, 0.4) is 0 Å². The van der Waals surface area contributed by atoms with Gasteiger partial charge in [0, 0.05) is 74.8 Å². The van der Waals surface area contributed by atoms with E-state index < -0.39 is 0 Å². The molecule has 1 amide bonds. The molecule has 1 saturated heterocycles. The number of nitrogens with zero attached hydrogens (tertiary/aromatic N) is 4. The average Bonchev–Trinajstić information content (AvgIpc) is 2.86. The third-order valence-corrected chi connectivity index (χ3v) is 5.98. The molecule has 2 heterocycles. The van der Waals surface area contributed by atoms with E-state index in [2.05, 4.69) is 52.1 Å². The van der Waals surface area contributed by atoms with E-state index in [1.54, 1.807) is 6.92 Å². The number of hydrogen-bond acceptors (Lipinski definition) is 4. The highest BCUT2D eigenvalue weighted by Crippen LogP contribution is 2.34. The normalized spacial score (nSPS) is 18.0. The summed E-state index contributed by atoms with van der Waals surface area (Å²) < 4.78 is 0. The number of fused-ring (bicyclic) bond motifs is 1. The predicted molar refractivity (Wildman–Crippen MR) is 116 cm³/mol. The van der Waals surface area contributed by atoms with Crippen molar-refractivity contribution < 1.29 is 4.79 Å². The first kappa shape index (κ1) is 19.1. The lowest BCUT2D eigenvalue weighted by atomic mass is 10.1. The van der Waals surface area contributed by atoms with E-state index >= 15 is 0 Å². The van der Waals surface area contributed by atoms with Crippen molar-refractivity contribution in [3.8, 4) is 0 Å². The van der Waals surface area contributed by atoms with Crippen LogP contribution >= 0.6 is 11.6 Å². The van der Waals surface area contributed by atoms with E-state index in [4.69, 9.17) is 11.6 Å². The first-order chi connectivity index (χ1) is 13.5. The van der Waals surface area contributed by atoms with E-state index in [0.29, 0.717) is 0 Å². The van der Waals surface area contributed by atoms with Gasteiger partial charge in [0.25, 0.3) is 0 Å². The van der Waals surface area contributed by atoms with E-state index in [1.165, 1.54) is 22.6 Å². The van der Waals surface area contributed by atoms with Gasteiger partial charge in [-0.05, 0) is 55.1 Å². The highest BCUT2D eigenvalue weighted by Gasteiger charge is 2.23. The Morgan fingerprint density at radius 1 is 0.893 bits per heavy atom. The molecule has 6 heteroatoms. The molecule has 0 N–H and O–H groups in total. The number of piperazine rings is 1. The minimum Gasteiger partial charge on any atom is -0.368 e. The fourth-order valence-corrected chi connectivity index (χ4v) is 4.21. The van der Waals surface area contributed by atoms with Gasteiger partial charge in [-0.1, -0.05) is 11.6 Å². The van der Waals surface area contributed by atoms with Gasteiger partial charge >= 0.3 is 0 Å². The lowest BCUT2D eigenvalue weighted by Crippen LogP contribution is -2.48. The molecule has 0 atom stereocenters. The van der Waals surface area contributed by atoms with Crippen LogP contribution in [0.1, 0.15) is 12.5 Å². The lowest BCUT2D eigenvalue weighted by molar-refractivity contribution is -0.129. The minimum atomic E-state index is 0.168. The van der Waals surface area contributed by atoms with Gasteiger partial charge in [-0.25, -0.2) is 0 Å². The van der Waals surface area contributed by atoms with Gasteiger partial charge in [0.05, 0.1) is 0 Å². The summed E-state index contributed by atoms with van der Waals surface area (Å²) >= 11 is 6.09. The number of anilines is 3. The number of likely N-dealkylation sites (N-methyl/N-ethyl adjacent to an activating group) is 1. The Bertz CT molecular complexity index is 846. The molecular weight excluding hydrogens is 372 g/mol. The SMILES string of the molecule is CC(=O)N1CCN(c2ccc3c(c2)CN(C)CCN3c2ccc(Cl)cc2)CC1. The van der Waals surface area contributed by atoms with Crippen molar-refractivity contribution in [2.45, 2.75) is 13.5 Å². The fraction of sp³-hybridized carbons (Fsp3) is 0.409. The molecule has 4 rings (SSSR count). The first-order valence-electron chi connectivity index (χ1n) is 9.86. The molecule has 0 aliphatic carbocycles. The first-order valence-corrected chi connectivity index (χ1v) is 10.2. The molecular formula is C22H27ClN4O. The maximum atomic E-state index is 11.6. The Morgan fingerprint density at radius 2 is 1.57 bits per heavy atom. The second-order valence-corrected chi connectivity index (χ2v) is 8.11. The third-order valence-electron chi connectivity index (χ3n) is 5.73. The van der Waals surface area contributed by atoms with Gasteiger partial charge < -0.3 is 19.6 Å². The Morgan fingerprint density at radius 3 is 2.25 bits per heavy atom. The van der Waals surface area contributed by atoms with Crippen molar-refractivity contribution in [2.24, 2.45) is 0 Å². The summed E-state index contributed by atoms with van der Waals surface area (Å²) in [6.45, 7) is 7.89. The molecule has 0 radical (unpaired) electrons. The van der Waals surface area contributed by atoms with E-state index in [0.717, 1.165) is 50.8 Å².